The molecule has 0 saturated heterocycles. The summed E-state index contributed by atoms with van der Waals surface area (Å²) in [6.45, 7) is 0. The van der Waals surface area contributed by atoms with Crippen LogP contribution < -0.4 is 5.32 Å². The van der Waals surface area contributed by atoms with Crippen LogP contribution in [0.25, 0.3) is 0 Å². The SMILES string of the molecule is O=C(CC1CC1)NC1(C(=O)O)CC1. The van der Waals surface area contributed by atoms with Crippen LogP contribution in [-0.2, 0) is 9.59 Å². The van der Waals surface area contributed by atoms with Crippen molar-refractivity contribution in [1.82, 2.24) is 5.32 Å². The third-order valence-electron chi connectivity index (χ3n) is 2.71. The lowest BCUT2D eigenvalue weighted by molar-refractivity contribution is -0.143. The Hall–Kier alpha value is -1.06. The summed E-state index contributed by atoms with van der Waals surface area (Å²) in [4.78, 5) is 22.0. The molecule has 0 aromatic heterocycles. The first-order chi connectivity index (χ1) is 6.12. The predicted molar refractivity (Wildman–Crippen MR) is 45.1 cm³/mol. The van der Waals surface area contributed by atoms with E-state index < -0.39 is 11.5 Å². The van der Waals surface area contributed by atoms with E-state index in [1.807, 2.05) is 0 Å². The molecule has 0 aromatic carbocycles. The molecule has 2 N–H and O–H groups in total. The number of nitrogens with one attached hydrogen (secondary N) is 1. The Balaban J connectivity index is 1.82. The summed E-state index contributed by atoms with van der Waals surface area (Å²) in [5.41, 5.74) is -0.897. The molecular weight excluding hydrogens is 170 g/mol. The first-order valence-corrected chi connectivity index (χ1v) is 4.67. The van der Waals surface area contributed by atoms with Crippen molar-refractivity contribution in [1.29, 1.82) is 0 Å². The third kappa shape index (κ3) is 1.82. The number of aliphatic carboxylic acids is 1. The molecule has 0 aromatic rings. The van der Waals surface area contributed by atoms with Crippen molar-refractivity contribution in [3.63, 3.8) is 0 Å². The van der Waals surface area contributed by atoms with E-state index in [1.54, 1.807) is 0 Å². The summed E-state index contributed by atoms with van der Waals surface area (Å²) in [7, 11) is 0. The van der Waals surface area contributed by atoms with Gasteiger partial charge >= 0.3 is 5.97 Å². The van der Waals surface area contributed by atoms with Crippen molar-refractivity contribution in [3.05, 3.63) is 0 Å². The van der Waals surface area contributed by atoms with E-state index in [0.29, 0.717) is 25.2 Å². The zero-order valence-electron chi connectivity index (χ0n) is 7.38. The zero-order chi connectivity index (χ0) is 9.47. The van der Waals surface area contributed by atoms with Gasteiger partial charge in [0, 0.05) is 6.42 Å². The lowest BCUT2D eigenvalue weighted by atomic mass is 10.2. The average Bonchev–Trinajstić information content (AvgIpc) is 2.83. The molecule has 2 fully saturated rings. The number of carbonyl (C=O) groups is 2. The van der Waals surface area contributed by atoms with Crippen molar-refractivity contribution in [2.24, 2.45) is 5.92 Å². The van der Waals surface area contributed by atoms with Crippen LogP contribution in [0.1, 0.15) is 32.1 Å². The number of amides is 1. The van der Waals surface area contributed by atoms with Crippen LogP contribution in [0.2, 0.25) is 0 Å². The lowest BCUT2D eigenvalue weighted by Gasteiger charge is -2.11. The topological polar surface area (TPSA) is 66.4 Å². The number of rotatable bonds is 4. The van der Waals surface area contributed by atoms with Crippen LogP contribution in [0.5, 0.6) is 0 Å². The van der Waals surface area contributed by atoms with Crippen molar-refractivity contribution in [2.45, 2.75) is 37.6 Å². The Morgan fingerprint density at radius 3 is 2.38 bits per heavy atom. The van der Waals surface area contributed by atoms with E-state index in [9.17, 15) is 9.59 Å². The van der Waals surface area contributed by atoms with Gasteiger partial charge in [-0.1, -0.05) is 0 Å². The summed E-state index contributed by atoms with van der Waals surface area (Å²) in [6.07, 6.45) is 3.91. The minimum atomic E-state index is -0.897. The molecule has 0 bridgehead atoms. The third-order valence-corrected chi connectivity index (χ3v) is 2.71. The Morgan fingerprint density at radius 1 is 1.38 bits per heavy atom. The highest BCUT2D eigenvalue weighted by Gasteiger charge is 2.51. The molecule has 0 atom stereocenters. The second-order valence-electron chi connectivity index (χ2n) is 4.08. The zero-order valence-corrected chi connectivity index (χ0v) is 7.38. The van der Waals surface area contributed by atoms with Gasteiger partial charge in [0.2, 0.25) is 5.91 Å². The molecule has 1 amide bonds. The summed E-state index contributed by atoms with van der Waals surface area (Å²) < 4.78 is 0. The van der Waals surface area contributed by atoms with Gasteiger partial charge in [-0.15, -0.1) is 0 Å². The summed E-state index contributed by atoms with van der Waals surface area (Å²) in [5.74, 6) is -0.469. The van der Waals surface area contributed by atoms with Crippen LogP contribution in [0.3, 0.4) is 0 Å². The second-order valence-corrected chi connectivity index (χ2v) is 4.08. The number of carbonyl (C=O) groups excluding carboxylic acids is 1. The Labute approximate surface area is 76.3 Å². The summed E-state index contributed by atoms with van der Waals surface area (Å²) in [5, 5.41) is 11.4. The van der Waals surface area contributed by atoms with Gasteiger partial charge in [0.25, 0.3) is 0 Å². The molecule has 72 valence electrons. The number of hydrogen-bond acceptors (Lipinski definition) is 2. The van der Waals surface area contributed by atoms with Crippen LogP contribution >= 0.6 is 0 Å². The number of carboxylic acids is 1. The van der Waals surface area contributed by atoms with Gasteiger partial charge in [0.15, 0.2) is 0 Å². The number of carboxylic acid groups (broad SMARTS) is 1. The maximum Gasteiger partial charge on any atom is 0.329 e. The van der Waals surface area contributed by atoms with Crippen molar-refractivity contribution in [3.8, 4) is 0 Å². The first-order valence-electron chi connectivity index (χ1n) is 4.67. The van der Waals surface area contributed by atoms with Gasteiger partial charge in [-0.3, -0.25) is 4.79 Å². The van der Waals surface area contributed by atoms with Crippen LogP contribution in [0.15, 0.2) is 0 Å². The standard InChI is InChI=1S/C9H13NO3/c11-7(5-6-1-2-6)10-9(3-4-9)8(12)13/h6H,1-5H2,(H,10,11)(H,12,13). The van der Waals surface area contributed by atoms with E-state index in [4.69, 9.17) is 5.11 Å². The van der Waals surface area contributed by atoms with Crippen LogP contribution in [-0.4, -0.2) is 22.5 Å². The minimum Gasteiger partial charge on any atom is -0.480 e. The van der Waals surface area contributed by atoms with Crippen molar-refractivity contribution in [2.75, 3.05) is 0 Å². The Kier molecular flexibility index (Phi) is 1.78. The van der Waals surface area contributed by atoms with Crippen LogP contribution in [0.4, 0.5) is 0 Å². The molecule has 2 aliphatic rings. The second kappa shape index (κ2) is 2.72. The molecule has 4 heteroatoms. The largest absolute Gasteiger partial charge is 0.480 e. The number of hydrogen-bond donors (Lipinski definition) is 2. The maximum atomic E-state index is 11.3. The van der Waals surface area contributed by atoms with E-state index in [0.717, 1.165) is 12.8 Å². The molecule has 2 rings (SSSR count). The molecule has 4 nitrogen and oxygen atoms in total. The molecule has 13 heavy (non-hydrogen) atoms. The Morgan fingerprint density at radius 2 is 2.00 bits per heavy atom. The normalized spacial score (nSPS) is 23.7. The minimum absolute atomic E-state index is 0.0950. The van der Waals surface area contributed by atoms with E-state index in [-0.39, 0.29) is 5.91 Å². The van der Waals surface area contributed by atoms with Crippen LogP contribution in [0, 0.1) is 5.92 Å². The van der Waals surface area contributed by atoms with E-state index in [2.05, 4.69) is 5.32 Å². The fraction of sp³-hybridized carbons (Fsp3) is 0.778. The molecule has 0 radical (unpaired) electrons. The highest BCUT2D eigenvalue weighted by molar-refractivity contribution is 5.89. The monoisotopic (exact) mass is 183 g/mol. The molecule has 2 saturated carbocycles. The lowest BCUT2D eigenvalue weighted by Crippen LogP contribution is -2.43. The quantitative estimate of drug-likeness (QED) is 0.667. The summed E-state index contributed by atoms with van der Waals surface area (Å²) in [6, 6.07) is 0. The molecule has 0 heterocycles. The highest BCUT2D eigenvalue weighted by atomic mass is 16.4. The fourth-order valence-electron chi connectivity index (χ4n) is 1.42. The van der Waals surface area contributed by atoms with Crippen molar-refractivity contribution >= 4 is 11.9 Å². The fourth-order valence-corrected chi connectivity index (χ4v) is 1.42. The van der Waals surface area contributed by atoms with Gasteiger partial charge in [0.1, 0.15) is 5.54 Å². The maximum absolute atomic E-state index is 11.3. The molecular formula is C9H13NO3. The molecule has 0 unspecified atom stereocenters. The van der Waals surface area contributed by atoms with Gasteiger partial charge in [0.05, 0.1) is 0 Å². The van der Waals surface area contributed by atoms with Gasteiger partial charge in [-0.25, -0.2) is 4.79 Å². The molecule has 0 aliphatic heterocycles. The van der Waals surface area contributed by atoms with Gasteiger partial charge in [-0.05, 0) is 31.6 Å². The van der Waals surface area contributed by atoms with E-state index >= 15 is 0 Å². The predicted octanol–water partition coefficient (Wildman–Crippen LogP) is 0.520. The van der Waals surface area contributed by atoms with Crippen molar-refractivity contribution < 1.29 is 14.7 Å². The van der Waals surface area contributed by atoms with Gasteiger partial charge < -0.3 is 10.4 Å². The molecule has 0 spiro atoms. The first kappa shape index (κ1) is 8.53. The Bertz CT molecular complexity index is 254. The van der Waals surface area contributed by atoms with E-state index in [1.165, 1.54) is 0 Å². The smallest absolute Gasteiger partial charge is 0.329 e. The molecule has 2 aliphatic carbocycles. The van der Waals surface area contributed by atoms with Gasteiger partial charge in [-0.2, -0.15) is 0 Å². The summed E-state index contributed by atoms with van der Waals surface area (Å²) >= 11 is 0. The highest BCUT2D eigenvalue weighted by Crippen LogP contribution is 2.37. The average molecular weight is 183 g/mol.